The van der Waals surface area contributed by atoms with Gasteiger partial charge in [0.2, 0.25) is 11.6 Å². The molecule has 0 aromatic heterocycles. The maximum absolute atomic E-state index is 13.9. The van der Waals surface area contributed by atoms with Crippen LogP contribution >= 0.6 is 0 Å². The fraction of sp³-hybridized carbons (Fsp3) is 0.231. The number of nitrogens with one attached hydrogen (secondary N) is 1. The second-order valence-electron chi connectivity index (χ2n) is 7.90. The zero-order chi connectivity index (χ0) is 25.5. The molecule has 3 rings (SSSR count). The minimum atomic E-state index is -1.51. The highest BCUT2D eigenvalue weighted by Gasteiger charge is 2.18. The lowest BCUT2D eigenvalue weighted by Crippen LogP contribution is -2.19. The highest BCUT2D eigenvalue weighted by molar-refractivity contribution is 5.95. The van der Waals surface area contributed by atoms with Crippen LogP contribution in [0.4, 0.5) is 8.78 Å². The third kappa shape index (κ3) is 6.06. The van der Waals surface area contributed by atoms with Gasteiger partial charge in [0.15, 0.2) is 23.1 Å². The predicted molar refractivity (Wildman–Crippen MR) is 127 cm³/mol. The molecule has 184 valence electrons. The molecule has 0 heterocycles. The number of amides is 1. The van der Waals surface area contributed by atoms with Crippen molar-refractivity contribution in [2.45, 2.75) is 26.4 Å². The predicted octanol–water partition coefficient (Wildman–Crippen LogP) is 5.15. The molecular weight excluding hydrogens is 458 g/mol. The third-order valence-corrected chi connectivity index (χ3v) is 5.20. The SMILES string of the molecule is COc1cc(C=NNC(=O)c2ccc(O)c(F)c2F)cc(OC)c1OCc1ccc(C(C)C)cc1. The van der Waals surface area contributed by atoms with Gasteiger partial charge in [0.1, 0.15) is 6.61 Å². The van der Waals surface area contributed by atoms with Crippen molar-refractivity contribution < 1.29 is 32.9 Å². The summed E-state index contributed by atoms with van der Waals surface area (Å²) in [6.45, 7) is 4.55. The van der Waals surface area contributed by atoms with Gasteiger partial charge in [-0.15, -0.1) is 0 Å². The molecule has 0 aliphatic heterocycles. The first-order valence-electron chi connectivity index (χ1n) is 10.7. The van der Waals surface area contributed by atoms with Crippen LogP contribution in [0.3, 0.4) is 0 Å². The van der Waals surface area contributed by atoms with Crippen molar-refractivity contribution >= 4 is 12.1 Å². The number of halogens is 2. The molecule has 9 heteroatoms. The molecular formula is C26H26F2N2O5. The molecule has 3 aromatic carbocycles. The Labute approximate surface area is 202 Å². The Balaban J connectivity index is 1.74. The smallest absolute Gasteiger partial charge is 0.274 e. The Kier molecular flexibility index (Phi) is 8.25. The van der Waals surface area contributed by atoms with E-state index in [0.717, 1.165) is 17.7 Å². The molecule has 3 aromatic rings. The number of ether oxygens (including phenoxy) is 3. The summed E-state index contributed by atoms with van der Waals surface area (Å²) in [7, 11) is 2.95. The lowest BCUT2D eigenvalue weighted by Gasteiger charge is -2.15. The Bertz CT molecular complexity index is 1200. The minimum absolute atomic E-state index is 0.295. The molecule has 0 radical (unpaired) electrons. The molecule has 0 aliphatic rings. The van der Waals surface area contributed by atoms with Crippen molar-refractivity contribution in [1.82, 2.24) is 5.43 Å². The normalized spacial score (nSPS) is 11.1. The number of hydrazone groups is 1. The molecule has 2 N–H and O–H groups in total. The second-order valence-corrected chi connectivity index (χ2v) is 7.90. The van der Waals surface area contributed by atoms with Gasteiger partial charge >= 0.3 is 0 Å². The summed E-state index contributed by atoms with van der Waals surface area (Å²) >= 11 is 0. The summed E-state index contributed by atoms with van der Waals surface area (Å²) in [6.07, 6.45) is 1.28. The largest absolute Gasteiger partial charge is 0.505 e. The van der Waals surface area contributed by atoms with Crippen LogP contribution in [0, 0.1) is 11.6 Å². The van der Waals surface area contributed by atoms with E-state index in [-0.39, 0.29) is 0 Å². The Morgan fingerprint density at radius 2 is 1.66 bits per heavy atom. The first-order chi connectivity index (χ1) is 16.7. The van der Waals surface area contributed by atoms with Crippen molar-refractivity contribution in [3.63, 3.8) is 0 Å². The minimum Gasteiger partial charge on any atom is -0.505 e. The number of nitrogens with zero attached hydrogens (tertiary/aromatic N) is 1. The van der Waals surface area contributed by atoms with E-state index in [4.69, 9.17) is 14.2 Å². The lowest BCUT2D eigenvalue weighted by molar-refractivity contribution is 0.0950. The average molecular weight is 484 g/mol. The van der Waals surface area contributed by atoms with Gasteiger partial charge in [-0.1, -0.05) is 38.1 Å². The molecule has 0 saturated carbocycles. The molecule has 0 unspecified atom stereocenters. The lowest BCUT2D eigenvalue weighted by atomic mass is 10.0. The number of carbonyl (C=O) groups excluding carboxylic acids is 1. The van der Waals surface area contributed by atoms with E-state index in [1.165, 1.54) is 26.0 Å². The number of hydrogen-bond donors (Lipinski definition) is 2. The van der Waals surface area contributed by atoms with Crippen LogP contribution in [0.15, 0.2) is 53.6 Å². The number of benzene rings is 3. The van der Waals surface area contributed by atoms with Crippen molar-refractivity contribution in [2.24, 2.45) is 5.10 Å². The molecule has 35 heavy (non-hydrogen) atoms. The van der Waals surface area contributed by atoms with Gasteiger partial charge in [0.25, 0.3) is 5.91 Å². The molecule has 7 nitrogen and oxygen atoms in total. The van der Waals surface area contributed by atoms with Gasteiger partial charge < -0.3 is 19.3 Å². The summed E-state index contributed by atoms with van der Waals surface area (Å²) in [5.41, 5.74) is 4.22. The zero-order valence-corrected chi connectivity index (χ0v) is 19.8. The van der Waals surface area contributed by atoms with E-state index in [9.17, 15) is 18.7 Å². The number of aromatic hydroxyl groups is 1. The Morgan fingerprint density at radius 1 is 1.03 bits per heavy atom. The van der Waals surface area contributed by atoms with Crippen LogP contribution < -0.4 is 19.6 Å². The van der Waals surface area contributed by atoms with E-state index in [2.05, 4.69) is 36.5 Å². The number of hydrogen-bond acceptors (Lipinski definition) is 6. The quantitative estimate of drug-likeness (QED) is 0.324. The number of rotatable bonds is 9. The molecule has 0 saturated heterocycles. The van der Waals surface area contributed by atoms with Crippen molar-refractivity contribution in [3.05, 3.63) is 82.4 Å². The van der Waals surface area contributed by atoms with E-state index < -0.39 is 28.9 Å². The fourth-order valence-electron chi connectivity index (χ4n) is 3.21. The van der Waals surface area contributed by atoms with Crippen LogP contribution in [0.1, 0.15) is 46.8 Å². The number of phenolic OH excluding ortho intramolecular Hbond substituents is 1. The second kappa shape index (κ2) is 11.3. The topological polar surface area (TPSA) is 89.4 Å². The number of carbonyl (C=O) groups is 1. The van der Waals surface area contributed by atoms with Gasteiger partial charge in [0.05, 0.1) is 26.0 Å². The first-order valence-corrected chi connectivity index (χ1v) is 10.7. The fourth-order valence-corrected chi connectivity index (χ4v) is 3.21. The van der Waals surface area contributed by atoms with Crippen molar-refractivity contribution in [3.8, 4) is 23.0 Å². The summed E-state index contributed by atoms with van der Waals surface area (Å²) in [5, 5.41) is 13.0. The van der Waals surface area contributed by atoms with Gasteiger partial charge in [-0.05, 0) is 41.3 Å². The molecule has 0 aliphatic carbocycles. The van der Waals surface area contributed by atoms with Crippen LogP contribution in [-0.2, 0) is 6.61 Å². The number of phenols is 1. The van der Waals surface area contributed by atoms with Gasteiger partial charge in [-0.2, -0.15) is 9.49 Å². The van der Waals surface area contributed by atoms with E-state index in [1.807, 2.05) is 12.1 Å². The summed E-state index contributed by atoms with van der Waals surface area (Å²) in [4.78, 5) is 12.1. The monoisotopic (exact) mass is 484 g/mol. The van der Waals surface area contributed by atoms with Gasteiger partial charge in [-0.25, -0.2) is 9.82 Å². The summed E-state index contributed by atoms with van der Waals surface area (Å²) < 4.78 is 44.2. The molecule has 1 amide bonds. The van der Waals surface area contributed by atoms with Crippen LogP contribution in [-0.4, -0.2) is 31.4 Å². The molecule has 0 bridgehead atoms. The van der Waals surface area contributed by atoms with E-state index in [0.29, 0.717) is 35.3 Å². The van der Waals surface area contributed by atoms with Crippen molar-refractivity contribution in [1.29, 1.82) is 0 Å². The first kappa shape index (κ1) is 25.5. The van der Waals surface area contributed by atoms with Crippen LogP contribution in [0.2, 0.25) is 0 Å². The van der Waals surface area contributed by atoms with Gasteiger partial charge in [-0.3, -0.25) is 4.79 Å². The Morgan fingerprint density at radius 3 is 2.23 bits per heavy atom. The van der Waals surface area contributed by atoms with E-state index >= 15 is 0 Å². The maximum Gasteiger partial charge on any atom is 0.274 e. The number of methoxy groups -OCH3 is 2. The average Bonchev–Trinajstić information content (AvgIpc) is 2.86. The van der Waals surface area contributed by atoms with E-state index in [1.54, 1.807) is 12.1 Å². The van der Waals surface area contributed by atoms with Gasteiger partial charge in [0, 0.05) is 5.56 Å². The third-order valence-electron chi connectivity index (χ3n) is 5.20. The van der Waals surface area contributed by atoms with Crippen LogP contribution in [0.5, 0.6) is 23.0 Å². The zero-order valence-electron chi connectivity index (χ0n) is 19.8. The summed E-state index contributed by atoms with van der Waals surface area (Å²) in [6, 6.07) is 13.2. The Hall–Kier alpha value is -4.14. The van der Waals surface area contributed by atoms with Crippen LogP contribution in [0.25, 0.3) is 0 Å². The maximum atomic E-state index is 13.9. The standard InChI is InChI=1S/C26H26F2N2O5/c1-15(2)18-7-5-16(6-8-18)14-35-25-21(33-3)11-17(12-22(25)34-4)13-29-30-26(32)19-9-10-20(31)24(28)23(19)27/h5-13,15,31H,14H2,1-4H3,(H,30,32). The van der Waals surface area contributed by atoms with Crippen molar-refractivity contribution in [2.75, 3.05) is 14.2 Å². The molecule has 0 atom stereocenters. The highest BCUT2D eigenvalue weighted by Crippen LogP contribution is 2.38. The highest BCUT2D eigenvalue weighted by atomic mass is 19.2. The molecule has 0 fully saturated rings. The molecule has 0 spiro atoms. The summed E-state index contributed by atoms with van der Waals surface area (Å²) in [5.74, 6) is -3.28.